The summed E-state index contributed by atoms with van der Waals surface area (Å²) in [5.74, 6) is 0.607. The molecule has 0 amide bonds. The van der Waals surface area contributed by atoms with E-state index in [1.807, 2.05) is 30.4 Å². The van der Waals surface area contributed by atoms with Gasteiger partial charge in [0.2, 0.25) is 0 Å². The second kappa shape index (κ2) is 7.18. The van der Waals surface area contributed by atoms with E-state index in [2.05, 4.69) is 41.2 Å². The normalized spacial score (nSPS) is 11.5. The van der Waals surface area contributed by atoms with Crippen molar-refractivity contribution < 1.29 is 4.39 Å². The van der Waals surface area contributed by atoms with Gasteiger partial charge in [-0.15, -0.1) is 11.8 Å². The van der Waals surface area contributed by atoms with E-state index in [1.54, 1.807) is 23.9 Å². The maximum absolute atomic E-state index is 13.1. The van der Waals surface area contributed by atoms with Crippen LogP contribution in [-0.2, 0) is 0 Å². The van der Waals surface area contributed by atoms with Crippen LogP contribution in [-0.4, -0.2) is 15.8 Å². The molecule has 0 atom stereocenters. The zero-order valence-electron chi connectivity index (χ0n) is 14.3. The molecule has 0 aliphatic heterocycles. The van der Waals surface area contributed by atoms with Gasteiger partial charge in [0.1, 0.15) is 11.6 Å². The van der Waals surface area contributed by atoms with Gasteiger partial charge < -0.3 is 0 Å². The van der Waals surface area contributed by atoms with Crippen LogP contribution in [0.3, 0.4) is 0 Å². The van der Waals surface area contributed by atoms with Crippen LogP contribution >= 0.6 is 11.8 Å². The highest BCUT2D eigenvalue weighted by Crippen LogP contribution is 2.25. The monoisotopic (exact) mass is 360 g/mol. The second-order valence-corrected chi connectivity index (χ2v) is 6.76. The average molecular weight is 360 g/mol. The molecule has 4 aromatic rings. The minimum absolute atomic E-state index is 0.233. The molecule has 128 valence electrons. The fraction of sp³-hybridized carbons (Fsp3) is 0.0455. The SMILES string of the molecule is CSc1ccc(-n2c(/C=C/c3ccc(F)cc3)nc3ccccc32)cc1. The van der Waals surface area contributed by atoms with Gasteiger partial charge in [-0.25, -0.2) is 9.37 Å². The van der Waals surface area contributed by atoms with Gasteiger partial charge in [-0.3, -0.25) is 4.57 Å². The third kappa shape index (κ3) is 3.28. The molecule has 0 aliphatic rings. The van der Waals surface area contributed by atoms with Crippen LogP contribution in [0, 0.1) is 5.82 Å². The maximum atomic E-state index is 13.1. The molecule has 4 heteroatoms. The fourth-order valence-corrected chi connectivity index (χ4v) is 3.31. The number of para-hydroxylation sites is 2. The molecule has 0 fully saturated rings. The van der Waals surface area contributed by atoms with Gasteiger partial charge in [0.15, 0.2) is 0 Å². The van der Waals surface area contributed by atoms with Gasteiger partial charge >= 0.3 is 0 Å². The summed E-state index contributed by atoms with van der Waals surface area (Å²) in [6.07, 6.45) is 5.99. The maximum Gasteiger partial charge on any atom is 0.138 e. The first-order valence-electron chi connectivity index (χ1n) is 8.30. The highest BCUT2D eigenvalue weighted by molar-refractivity contribution is 7.98. The lowest BCUT2D eigenvalue weighted by molar-refractivity contribution is 0.628. The lowest BCUT2D eigenvalue weighted by Gasteiger charge is -2.08. The van der Waals surface area contributed by atoms with Crippen molar-refractivity contribution in [3.63, 3.8) is 0 Å². The lowest BCUT2D eigenvalue weighted by atomic mass is 10.2. The molecule has 0 unspecified atom stereocenters. The summed E-state index contributed by atoms with van der Waals surface area (Å²) in [7, 11) is 0. The number of halogens is 1. The van der Waals surface area contributed by atoms with Gasteiger partial charge in [0, 0.05) is 10.6 Å². The summed E-state index contributed by atoms with van der Waals surface area (Å²) in [5.41, 5.74) is 4.00. The Morgan fingerprint density at radius 2 is 1.62 bits per heavy atom. The Hall–Kier alpha value is -2.85. The van der Waals surface area contributed by atoms with E-state index in [9.17, 15) is 4.39 Å². The zero-order valence-corrected chi connectivity index (χ0v) is 15.1. The van der Waals surface area contributed by atoms with E-state index in [0.717, 1.165) is 28.1 Å². The molecule has 0 radical (unpaired) electrons. The highest BCUT2D eigenvalue weighted by atomic mass is 32.2. The molecule has 26 heavy (non-hydrogen) atoms. The Labute approximate surface area is 156 Å². The highest BCUT2D eigenvalue weighted by Gasteiger charge is 2.10. The molecule has 1 heterocycles. The smallest absolute Gasteiger partial charge is 0.138 e. The van der Waals surface area contributed by atoms with Crippen molar-refractivity contribution >= 4 is 34.9 Å². The number of rotatable bonds is 4. The summed E-state index contributed by atoms with van der Waals surface area (Å²) >= 11 is 1.72. The van der Waals surface area contributed by atoms with Crippen LogP contribution in [0.2, 0.25) is 0 Å². The summed E-state index contributed by atoms with van der Waals surface area (Å²) in [6.45, 7) is 0. The van der Waals surface area contributed by atoms with Crippen molar-refractivity contribution in [3.8, 4) is 5.69 Å². The standard InChI is InChI=1S/C22H17FN2S/c1-26-19-13-11-18(12-14-19)25-21-5-3-2-4-20(21)24-22(25)15-8-16-6-9-17(23)10-7-16/h2-15H,1H3/b15-8+. The Kier molecular flexibility index (Phi) is 4.59. The van der Waals surface area contributed by atoms with E-state index in [-0.39, 0.29) is 5.82 Å². The molecule has 2 nitrogen and oxygen atoms in total. The van der Waals surface area contributed by atoms with Crippen molar-refractivity contribution in [2.45, 2.75) is 4.90 Å². The summed E-state index contributed by atoms with van der Waals surface area (Å²) in [5, 5.41) is 0. The van der Waals surface area contributed by atoms with Gasteiger partial charge in [-0.1, -0.05) is 30.3 Å². The largest absolute Gasteiger partial charge is 0.293 e. The minimum Gasteiger partial charge on any atom is -0.293 e. The van der Waals surface area contributed by atoms with Crippen LogP contribution in [0.1, 0.15) is 11.4 Å². The first kappa shape index (κ1) is 16.6. The number of benzene rings is 3. The Bertz CT molecular complexity index is 1060. The lowest BCUT2D eigenvalue weighted by Crippen LogP contribution is -1.96. The van der Waals surface area contributed by atoms with Crippen LogP contribution in [0.15, 0.2) is 77.7 Å². The Morgan fingerprint density at radius 1 is 0.885 bits per heavy atom. The number of fused-ring (bicyclic) bond motifs is 1. The van der Waals surface area contributed by atoms with Crippen molar-refractivity contribution in [2.75, 3.05) is 6.26 Å². The minimum atomic E-state index is -0.233. The van der Waals surface area contributed by atoms with Crippen molar-refractivity contribution in [3.05, 3.63) is 90.0 Å². The topological polar surface area (TPSA) is 17.8 Å². The molecular weight excluding hydrogens is 343 g/mol. The fourth-order valence-electron chi connectivity index (χ4n) is 2.90. The first-order valence-corrected chi connectivity index (χ1v) is 9.52. The van der Waals surface area contributed by atoms with Crippen LogP contribution in [0.4, 0.5) is 4.39 Å². The van der Waals surface area contributed by atoms with Crippen molar-refractivity contribution in [1.29, 1.82) is 0 Å². The summed E-state index contributed by atoms with van der Waals surface area (Å²) in [4.78, 5) is 5.98. The first-order chi connectivity index (χ1) is 12.7. The zero-order chi connectivity index (χ0) is 17.9. The molecule has 3 aromatic carbocycles. The molecule has 0 spiro atoms. The summed E-state index contributed by atoms with van der Waals surface area (Å²) < 4.78 is 15.2. The number of hydrogen-bond donors (Lipinski definition) is 0. The van der Waals surface area contributed by atoms with Crippen LogP contribution in [0.25, 0.3) is 28.9 Å². The number of nitrogens with zero attached hydrogens (tertiary/aromatic N) is 2. The molecule has 0 saturated heterocycles. The van der Waals surface area contributed by atoms with Crippen LogP contribution < -0.4 is 0 Å². The quantitative estimate of drug-likeness (QED) is 0.412. The van der Waals surface area contributed by atoms with Crippen LogP contribution in [0.5, 0.6) is 0 Å². The van der Waals surface area contributed by atoms with E-state index >= 15 is 0 Å². The number of aromatic nitrogens is 2. The van der Waals surface area contributed by atoms with E-state index in [0.29, 0.717) is 0 Å². The number of hydrogen-bond acceptors (Lipinski definition) is 2. The van der Waals surface area contributed by atoms with Gasteiger partial charge in [0.25, 0.3) is 0 Å². The summed E-state index contributed by atoms with van der Waals surface area (Å²) in [6, 6.07) is 23.0. The average Bonchev–Trinajstić information content (AvgIpc) is 3.06. The predicted octanol–water partition coefficient (Wildman–Crippen LogP) is 6.06. The van der Waals surface area contributed by atoms with Gasteiger partial charge in [-0.05, 0) is 66.4 Å². The Balaban J connectivity index is 1.81. The third-order valence-corrected chi connectivity index (χ3v) is 4.96. The van der Waals surface area contributed by atoms with E-state index in [1.165, 1.54) is 17.0 Å². The van der Waals surface area contributed by atoms with E-state index < -0.39 is 0 Å². The van der Waals surface area contributed by atoms with Crippen molar-refractivity contribution in [2.24, 2.45) is 0 Å². The molecule has 4 rings (SSSR count). The number of imidazole rings is 1. The van der Waals surface area contributed by atoms with E-state index in [4.69, 9.17) is 4.98 Å². The molecule has 0 aliphatic carbocycles. The second-order valence-electron chi connectivity index (χ2n) is 5.88. The Morgan fingerprint density at radius 3 is 2.35 bits per heavy atom. The number of thioether (sulfide) groups is 1. The third-order valence-electron chi connectivity index (χ3n) is 4.21. The molecule has 0 saturated carbocycles. The molecule has 0 N–H and O–H groups in total. The predicted molar refractivity (Wildman–Crippen MR) is 108 cm³/mol. The van der Waals surface area contributed by atoms with Crippen molar-refractivity contribution in [1.82, 2.24) is 9.55 Å². The van der Waals surface area contributed by atoms with Gasteiger partial charge in [0.05, 0.1) is 11.0 Å². The molecular formula is C22H17FN2S. The van der Waals surface area contributed by atoms with Gasteiger partial charge in [-0.2, -0.15) is 0 Å². The molecule has 0 bridgehead atoms. The molecule has 1 aromatic heterocycles.